The van der Waals surface area contributed by atoms with Gasteiger partial charge in [0.05, 0.1) is 16.9 Å². The molecule has 1 fully saturated rings. The Balaban J connectivity index is 2.05. The number of halogens is 2. The molecule has 1 atom stereocenters. The Kier molecular flexibility index (Phi) is 4.91. The van der Waals surface area contributed by atoms with E-state index in [1.807, 2.05) is 6.92 Å². The van der Waals surface area contributed by atoms with Crippen molar-refractivity contribution in [1.82, 2.24) is 4.98 Å². The van der Waals surface area contributed by atoms with Crippen molar-refractivity contribution in [3.63, 3.8) is 0 Å². The topological polar surface area (TPSA) is 25.4 Å². The van der Waals surface area contributed by atoms with Crippen LogP contribution in [0.3, 0.4) is 0 Å². The van der Waals surface area contributed by atoms with Gasteiger partial charge >= 0.3 is 0 Å². The van der Waals surface area contributed by atoms with E-state index in [0.29, 0.717) is 17.1 Å². The average molecular weight is 295 g/mol. The van der Waals surface area contributed by atoms with Crippen LogP contribution in [0.1, 0.15) is 24.6 Å². The summed E-state index contributed by atoms with van der Waals surface area (Å²) in [5, 5.41) is 1.51. The van der Waals surface area contributed by atoms with Gasteiger partial charge in [-0.1, -0.05) is 22.9 Å². The van der Waals surface area contributed by atoms with Crippen molar-refractivity contribution in [2.45, 2.75) is 31.7 Å². The van der Waals surface area contributed by atoms with Crippen molar-refractivity contribution < 1.29 is 4.74 Å². The van der Waals surface area contributed by atoms with Gasteiger partial charge in [0.15, 0.2) is 5.13 Å². The van der Waals surface area contributed by atoms with Crippen LogP contribution < -0.4 is 4.90 Å². The molecule has 0 aromatic carbocycles. The second kappa shape index (κ2) is 6.23. The molecule has 1 aliphatic rings. The van der Waals surface area contributed by atoms with Crippen LogP contribution in [0.2, 0.25) is 5.15 Å². The maximum atomic E-state index is 6.02. The molecule has 1 aromatic heterocycles. The highest BCUT2D eigenvalue weighted by atomic mass is 35.5. The molecule has 0 N–H and O–H groups in total. The lowest BCUT2D eigenvalue weighted by Gasteiger charge is -2.32. The van der Waals surface area contributed by atoms with Crippen LogP contribution in [0.5, 0.6) is 0 Å². The van der Waals surface area contributed by atoms with Crippen molar-refractivity contribution >= 4 is 39.7 Å². The molecule has 1 unspecified atom stereocenters. The normalized spacial score (nSPS) is 20.9. The van der Waals surface area contributed by atoms with Gasteiger partial charge in [0.25, 0.3) is 0 Å². The van der Waals surface area contributed by atoms with E-state index >= 15 is 0 Å². The molecule has 96 valence electrons. The Morgan fingerprint density at radius 2 is 2.41 bits per heavy atom. The molecular weight excluding hydrogens is 279 g/mol. The molecular formula is C11H16Cl2N2OS. The van der Waals surface area contributed by atoms with E-state index in [9.17, 15) is 0 Å². The number of alkyl halides is 1. The van der Waals surface area contributed by atoms with Crippen molar-refractivity contribution in [1.29, 1.82) is 0 Å². The van der Waals surface area contributed by atoms with Crippen LogP contribution in [-0.2, 0) is 10.6 Å². The molecule has 6 heteroatoms. The molecule has 3 nitrogen and oxygen atoms in total. The van der Waals surface area contributed by atoms with Gasteiger partial charge in [-0.15, -0.1) is 11.6 Å². The number of ether oxygens (including phenoxy) is 1. The standard InChI is InChI=1S/C11H16Cl2N2OS/c1-2-16-8-4-3-5-15(7-8)11-14-10(13)9(6-12)17-11/h8H,2-7H2,1H3. The van der Waals surface area contributed by atoms with Crippen molar-refractivity contribution in [2.75, 3.05) is 24.6 Å². The highest BCUT2D eigenvalue weighted by Crippen LogP contribution is 2.32. The van der Waals surface area contributed by atoms with Gasteiger partial charge in [-0.05, 0) is 19.8 Å². The molecule has 0 bridgehead atoms. The molecule has 0 saturated carbocycles. The maximum absolute atomic E-state index is 6.02. The molecule has 2 rings (SSSR count). The fraction of sp³-hybridized carbons (Fsp3) is 0.727. The second-order valence-electron chi connectivity index (χ2n) is 4.01. The summed E-state index contributed by atoms with van der Waals surface area (Å²) in [7, 11) is 0. The predicted molar refractivity (Wildman–Crippen MR) is 73.5 cm³/mol. The number of thiazole rings is 1. The van der Waals surface area contributed by atoms with Crippen LogP contribution in [0.15, 0.2) is 0 Å². The first-order valence-electron chi connectivity index (χ1n) is 5.82. The Morgan fingerprint density at radius 1 is 1.59 bits per heavy atom. The fourth-order valence-electron chi connectivity index (χ4n) is 2.02. The van der Waals surface area contributed by atoms with Gasteiger partial charge in [-0.3, -0.25) is 0 Å². The zero-order valence-corrected chi connectivity index (χ0v) is 12.1. The number of piperidine rings is 1. The van der Waals surface area contributed by atoms with Crippen LogP contribution >= 0.6 is 34.5 Å². The second-order valence-corrected chi connectivity index (χ2v) is 5.70. The summed E-state index contributed by atoms with van der Waals surface area (Å²) in [6.45, 7) is 4.73. The van der Waals surface area contributed by atoms with Gasteiger partial charge < -0.3 is 9.64 Å². The third-order valence-corrected chi connectivity index (χ3v) is 4.78. The largest absolute Gasteiger partial charge is 0.377 e. The number of anilines is 1. The summed E-state index contributed by atoms with van der Waals surface area (Å²) in [5.74, 6) is 0.430. The summed E-state index contributed by atoms with van der Waals surface area (Å²) >= 11 is 13.4. The van der Waals surface area contributed by atoms with Gasteiger partial charge in [0.1, 0.15) is 5.15 Å². The quantitative estimate of drug-likeness (QED) is 0.794. The van der Waals surface area contributed by atoms with Crippen molar-refractivity contribution in [3.05, 3.63) is 10.0 Å². The molecule has 0 spiro atoms. The predicted octanol–water partition coefficient (Wildman–Crippen LogP) is 3.54. The van der Waals surface area contributed by atoms with E-state index < -0.39 is 0 Å². The summed E-state index contributed by atoms with van der Waals surface area (Å²) in [5.41, 5.74) is 0. The van der Waals surface area contributed by atoms with Gasteiger partial charge in [0.2, 0.25) is 0 Å². The molecule has 2 heterocycles. The Bertz CT molecular complexity index is 370. The number of nitrogens with zero attached hydrogens (tertiary/aromatic N) is 2. The molecule has 1 aliphatic heterocycles. The Hall–Kier alpha value is -0.0300. The number of hydrogen-bond acceptors (Lipinski definition) is 4. The Labute approximate surface area is 116 Å². The zero-order chi connectivity index (χ0) is 12.3. The highest BCUT2D eigenvalue weighted by Gasteiger charge is 2.23. The summed E-state index contributed by atoms with van der Waals surface area (Å²) in [6.07, 6.45) is 2.58. The first-order chi connectivity index (χ1) is 8.24. The summed E-state index contributed by atoms with van der Waals surface area (Å²) in [6, 6.07) is 0. The van der Waals surface area contributed by atoms with Gasteiger partial charge in [-0.25, -0.2) is 4.98 Å². The molecule has 0 amide bonds. The van der Waals surface area contributed by atoms with E-state index in [4.69, 9.17) is 27.9 Å². The SMILES string of the molecule is CCOC1CCCN(c2nc(Cl)c(CCl)s2)C1. The minimum absolute atomic E-state index is 0.316. The lowest BCUT2D eigenvalue weighted by molar-refractivity contribution is 0.0526. The summed E-state index contributed by atoms with van der Waals surface area (Å²) < 4.78 is 5.67. The lowest BCUT2D eigenvalue weighted by Crippen LogP contribution is -2.39. The van der Waals surface area contributed by atoms with E-state index in [-0.39, 0.29) is 0 Å². The van der Waals surface area contributed by atoms with E-state index in [1.54, 1.807) is 11.3 Å². The van der Waals surface area contributed by atoms with Crippen LogP contribution in [0.25, 0.3) is 0 Å². The maximum Gasteiger partial charge on any atom is 0.187 e. The van der Waals surface area contributed by atoms with Crippen LogP contribution in [-0.4, -0.2) is 30.8 Å². The van der Waals surface area contributed by atoms with Crippen molar-refractivity contribution in [2.24, 2.45) is 0 Å². The fourth-order valence-corrected chi connectivity index (χ4v) is 3.53. The third kappa shape index (κ3) is 3.25. The minimum atomic E-state index is 0.316. The van der Waals surface area contributed by atoms with Crippen LogP contribution in [0, 0.1) is 0 Å². The molecule has 0 aliphatic carbocycles. The molecule has 0 radical (unpaired) electrons. The minimum Gasteiger partial charge on any atom is -0.377 e. The molecule has 1 aromatic rings. The van der Waals surface area contributed by atoms with Gasteiger partial charge in [-0.2, -0.15) is 0 Å². The monoisotopic (exact) mass is 294 g/mol. The molecule has 17 heavy (non-hydrogen) atoms. The smallest absolute Gasteiger partial charge is 0.187 e. The Morgan fingerprint density at radius 3 is 3.06 bits per heavy atom. The van der Waals surface area contributed by atoms with E-state index in [1.165, 1.54) is 0 Å². The first kappa shape index (κ1) is 13.4. The highest BCUT2D eigenvalue weighted by molar-refractivity contribution is 7.16. The summed E-state index contributed by atoms with van der Waals surface area (Å²) in [4.78, 5) is 7.56. The van der Waals surface area contributed by atoms with Gasteiger partial charge in [0, 0.05) is 19.7 Å². The lowest BCUT2D eigenvalue weighted by atomic mass is 10.1. The van der Waals surface area contributed by atoms with E-state index in [0.717, 1.165) is 42.5 Å². The van der Waals surface area contributed by atoms with Crippen LogP contribution in [0.4, 0.5) is 5.13 Å². The number of aromatic nitrogens is 1. The van der Waals surface area contributed by atoms with Crippen molar-refractivity contribution in [3.8, 4) is 0 Å². The first-order valence-corrected chi connectivity index (χ1v) is 7.55. The third-order valence-electron chi connectivity index (χ3n) is 2.81. The van der Waals surface area contributed by atoms with E-state index in [2.05, 4.69) is 9.88 Å². The molecule has 1 saturated heterocycles. The average Bonchev–Trinajstić information content (AvgIpc) is 2.71. The zero-order valence-electron chi connectivity index (χ0n) is 9.79. The number of rotatable bonds is 4. The number of hydrogen-bond donors (Lipinski definition) is 0.